The van der Waals surface area contributed by atoms with Crippen LogP contribution in [0.15, 0.2) is 5.10 Å². The number of carbonyl (C=O) groups is 2. The highest BCUT2D eigenvalue weighted by Crippen LogP contribution is 2.11. The first kappa shape index (κ1) is 18.6. The van der Waals surface area contributed by atoms with Crippen molar-refractivity contribution in [3.63, 3.8) is 0 Å². The van der Waals surface area contributed by atoms with Crippen LogP contribution in [0.25, 0.3) is 0 Å². The molecule has 0 aliphatic carbocycles. The van der Waals surface area contributed by atoms with Crippen molar-refractivity contribution < 1.29 is 9.59 Å². The number of amides is 2. The van der Waals surface area contributed by atoms with E-state index in [1.165, 1.54) is 5.01 Å². The highest BCUT2D eigenvalue weighted by molar-refractivity contribution is 6.39. The van der Waals surface area contributed by atoms with Gasteiger partial charge in [0.25, 0.3) is 5.91 Å². The summed E-state index contributed by atoms with van der Waals surface area (Å²) in [5.41, 5.74) is 0.502. The minimum absolute atomic E-state index is 0.0276. The van der Waals surface area contributed by atoms with Crippen LogP contribution in [-0.4, -0.2) is 72.1 Å². The van der Waals surface area contributed by atoms with Crippen LogP contribution < -0.4 is 0 Å². The molecule has 0 aromatic carbocycles. The van der Waals surface area contributed by atoms with Gasteiger partial charge in [0.05, 0.1) is 0 Å². The topological polar surface area (TPSA) is 56.2 Å². The van der Waals surface area contributed by atoms with Gasteiger partial charge in [0, 0.05) is 39.5 Å². The third-order valence-electron chi connectivity index (χ3n) is 3.91. The third-order valence-corrected chi connectivity index (χ3v) is 3.91. The van der Waals surface area contributed by atoms with Crippen LogP contribution in [0, 0.1) is 5.92 Å². The van der Waals surface area contributed by atoms with Gasteiger partial charge in [-0.2, -0.15) is 5.10 Å². The quantitative estimate of drug-likeness (QED) is 0.681. The molecule has 0 saturated carbocycles. The van der Waals surface area contributed by atoms with E-state index in [0.29, 0.717) is 31.0 Å². The molecule has 22 heavy (non-hydrogen) atoms. The van der Waals surface area contributed by atoms with Crippen LogP contribution >= 0.6 is 0 Å². The lowest BCUT2D eigenvalue weighted by Gasteiger charge is -2.29. The monoisotopic (exact) mass is 310 g/mol. The molecule has 0 N–H and O–H groups in total. The third kappa shape index (κ3) is 5.40. The molecule has 0 saturated heterocycles. The van der Waals surface area contributed by atoms with Crippen molar-refractivity contribution in [2.75, 3.05) is 39.8 Å². The fraction of sp³-hybridized carbons (Fsp3) is 0.812. The highest BCUT2D eigenvalue weighted by Gasteiger charge is 2.26. The number of carbonyl (C=O) groups excluding carboxylic acids is 2. The first-order valence-electron chi connectivity index (χ1n) is 8.24. The molecule has 0 radical (unpaired) electrons. The van der Waals surface area contributed by atoms with Gasteiger partial charge >= 0.3 is 0 Å². The predicted octanol–water partition coefficient (Wildman–Crippen LogP) is 1.42. The maximum absolute atomic E-state index is 12.7. The summed E-state index contributed by atoms with van der Waals surface area (Å²) >= 11 is 0. The zero-order valence-corrected chi connectivity index (χ0v) is 14.6. The Hall–Kier alpha value is -1.43. The minimum Gasteiger partial charge on any atom is -0.336 e. The zero-order chi connectivity index (χ0) is 16.7. The summed E-state index contributed by atoms with van der Waals surface area (Å²) in [6, 6.07) is 0. The second-order valence-electron chi connectivity index (χ2n) is 6.14. The summed E-state index contributed by atoms with van der Waals surface area (Å²) in [4.78, 5) is 28.4. The summed E-state index contributed by atoms with van der Waals surface area (Å²) in [6.45, 7) is 12.7. The van der Waals surface area contributed by atoms with Gasteiger partial charge < -0.3 is 9.80 Å². The molecule has 0 fully saturated rings. The summed E-state index contributed by atoms with van der Waals surface area (Å²) in [7, 11) is 1.61. The van der Waals surface area contributed by atoms with Gasteiger partial charge in [-0.15, -0.1) is 0 Å². The van der Waals surface area contributed by atoms with E-state index in [1.807, 2.05) is 4.90 Å². The molecule has 1 heterocycles. The second-order valence-corrected chi connectivity index (χ2v) is 6.14. The fourth-order valence-corrected chi connectivity index (χ4v) is 2.52. The smallest absolute Gasteiger partial charge is 0.270 e. The summed E-state index contributed by atoms with van der Waals surface area (Å²) < 4.78 is 0. The largest absolute Gasteiger partial charge is 0.336 e. The number of nitrogens with zero attached hydrogens (tertiary/aromatic N) is 4. The van der Waals surface area contributed by atoms with E-state index in [4.69, 9.17) is 0 Å². The molecular formula is C16H30N4O2. The summed E-state index contributed by atoms with van der Waals surface area (Å²) in [6.07, 6.45) is 0.814. The van der Waals surface area contributed by atoms with Gasteiger partial charge in [-0.05, 0) is 19.0 Å². The van der Waals surface area contributed by atoms with Gasteiger partial charge in [0.2, 0.25) is 5.91 Å². The molecule has 126 valence electrons. The Labute approximate surface area is 134 Å². The minimum atomic E-state index is -0.0323. The molecule has 0 aromatic heterocycles. The fourth-order valence-electron chi connectivity index (χ4n) is 2.52. The van der Waals surface area contributed by atoms with Crippen molar-refractivity contribution in [2.45, 2.75) is 40.5 Å². The Morgan fingerprint density at radius 1 is 1.23 bits per heavy atom. The molecule has 0 bridgehead atoms. The van der Waals surface area contributed by atoms with Crippen LogP contribution in [0.3, 0.4) is 0 Å². The van der Waals surface area contributed by atoms with Gasteiger partial charge in [0.1, 0.15) is 5.71 Å². The van der Waals surface area contributed by atoms with Gasteiger partial charge in [-0.25, -0.2) is 5.01 Å². The zero-order valence-electron chi connectivity index (χ0n) is 14.6. The lowest BCUT2D eigenvalue weighted by atomic mass is 10.1. The molecule has 0 atom stereocenters. The Bertz CT molecular complexity index is 416. The average Bonchev–Trinajstić information content (AvgIpc) is 2.48. The number of hydrogen-bond acceptors (Lipinski definition) is 4. The first-order valence-corrected chi connectivity index (χ1v) is 8.24. The highest BCUT2D eigenvalue weighted by atomic mass is 16.2. The van der Waals surface area contributed by atoms with Crippen molar-refractivity contribution in [3.8, 4) is 0 Å². The maximum Gasteiger partial charge on any atom is 0.270 e. The standard InChI is InChI=1S/C16H30N4O2/c1-6-19(7-2)10-11-20(12-13(3)4)16(22)14-8-9-15(21)18(5)17-14/h13H,6-12H2,1-5H3. The summed E-state index contributed by atoms with van der Waals surface area (Å²) in [5, 5.41) is 5.44. The molecule has 1 aliphatic rings. The van der Waals surface area contributed by atoms with Gasteiger partial charge in [-0.3, -0.25) is 9.59 Å². The lowest BCUT2D eigenvalue weighted by Crippen LogP contribution is -2.45. The number of hydrazone groups is 1. The van der Waals surface area contributed by atoms with Crippen LogP contribution in [0.2, 0.25) is 0 Å². The molecule has 1 rings (SSSR count). The maximum atomic E-state index is 12.7. The molecule has 1 aliphatic heterocycles. The van der Waals surface area contributed by atoms with Gasteiger partial charge in [-0.1, -0.05) is 27.7 Å². The Morgan fingerprint density at radius 2 is 1.86 bits per heavy atom. The second kappa shape index (κ2) is 8.88. The van der Waals surface area contributed by atoms with E-state index >= 15 is 0 Å². The van der Waals surface area contributed by atoms with E-state index < -0.39 is 0 Å². The molecule has 0 aromatic rings. The van der Waals surface area contributed by atoms with Crippen molar-refractivity contribution in [3.05, 3.63) is 0 Å². The SMILES string of the molecule is CCN(CC)CCN(CC(C)C)C(=O)C1=NN(C)C(=O)CC1. The molecule has 0 spiro atoms. The van der Waals surface area contributed by atoms with Crippen molar-refractivity contribution in [1.29, 1.82) is 0 Å². The average molecular weight is 310 g/mol. The summed E-state index contributed by atoms with van der Waals surface area (Å²) in [5.74, 6) is 0.347. The van der Waals surface area contributed by atoms with Crippen LogP contribution in [0.4, 0.5) is 0 Å². The molecule has 6 nitrogen and oxygen atoms in total. The Balaban J connectivity index is 2.76. The molecule has 6 heteroatoms. The van der Waals surface area contributed by atoms with Crippen molar-refractivity contribution >= 4 is 17.5 Å². The predicted molar refractivity (Wildman–Crippen MR) is 88.6 cm³/mol. The number of rotatable bonds is 8. The van der Waals surface area contributed by atoms with E-state index in [0.717, 1.165) is 26.2 Å². The number of hydrogen-bond donors (Lipinski definition) is 0. The Morgan fingerprint density at radius 3 is 2.36 bits per heavy atom. The van der Waals surface area contributed by atoms with Crippen molar-refractivity contribution in [1.82, 2.24) is 14.8 Å². The van der Waals surface area contributed by atoms with E-state index in [9.17, 15) is 9.59 Å². The van der Waals surface area contributed by atoms with Gasteiger partial charge in [0.15, 0.2) is 0 Å². The van der Waals surface area contributed by atoms with E-state index in [1.54, 1.807) is 7.05 Å². The first-order chi connectivity index (χ1) is 10.4. The van der Waals surface area contributed by atoms with Crippen LogP contribution in [-0.2, 0) is 9.59 Å². The normalized spacial score (nSPS) is 15.5. The van der Waals surface area contributed by atoms with Crippen molar-refractivity contribution in [2.24, 2.45) is 11.0 Å². The lowest BCUT2D eigenvalue weighted by molar-refractivity contribution is -0.130. The van der Waals surface area contributed by atoms with E-state index in [2.05, 4.69) is 37.7 Å². The van der Waals surface area contributed by atoms with Crippen LogP contribution in [0.5, 0.6) is 0 Å². The Kier molecular flexibility index (Phi) is 7.51. The molecular weight excluding hydrogens is 280 g/mol. The molecule has 0 unspecified atom stereocenters. The van der Waals surface area contributed by atoms with E-state index in [-0.39, 0.29) is 11.8 Å². The number of likely N-dealkylation sites (N-methyl/N-ethyl adjacent to an activating group) is 1. The van der Waals surface area contributed by atoms with Crippen LogP contribution in [0.1, 0.15) is 40.5 Å². The molecule has 2 amide bonds.